The Kier molecular flexibility index (Phi) is 2.54. The molecule has 1 heterocycles. The molecule has 0 N–H and O–H groups in total. The molecule has 1 aliphatic carbocycles. The number of aromatic nitrogens is 2. The normalized spacial score (nSPS) is 20.9. The molecule has 0 bridgehead atoms. The highest BCUT2D eigenvalue weighted by Gasteiger charge is 2.37. The lowest BCUT2D eigenvalue weighted by Gasteiger charge is -2.20. The Bertz CT molecular complexity index is 566. The molecule has 0 amide bonds. The van der Waals surface area contributed by atoms with Gasteiger partial charge in [-0.2, -0.15) is 0 Å². The summed E-state index contributed by atoms with van der Waals surface area (Å²) in [4.78, 5) is 4.32. The molecule has 0 radical (unpaired) electrons. The highest BCUT2D eigenvalue weighted by atomic mass is 15.1. The molecule has 94 valence electrons. The largest absolute Gasteiger partial charge is 0.327 e. The second kappa shape index (κ2) is 3.98. The average molecular weight is 240 g/mol. The van der Waals surface area contributed by atoms with Gasteiger partial charge in [0, 0.05) is 11.9 Å². The van der Waals surface area contributed by atoms with Crippen molar-refractivity contribution in [2.75, 3.05) is 0 Å². The smallest absolute Gasteiger partial charge is 0.0953 e. The number of imidazole rings is 1. The first-order chi connectivity index (χ1) is 8.63. The van der Waals surface area contributed by atoms with Crippen molar-refractivity contribution in [3.8, 4) is 0 Å². The van der Waals surface area contributed by atoms with Crippen LogP contribution in [0.1, 0.15) is 50.1 Å². The summed E-state index contributed by atoms with van der Waals surface area (Å²) in [6.45, 7) is 6.88. The van der Waals surface area contributed by atoms with Crippen LogP contribution in [0.4, 0.5) is 0 Å². The van der Waals surface area contributed by atoms with Gasteiger partial charge in [-0.1, -0.05) is 45.0 Å². The van der Waals surface area contributed by atoms with Crippen molar-refractivity contribution in [3.05, 3.63) is 53.6 Å². The van der Waals surface area contributed by atoms with Gasteiger partial charge in [-0.05, 0) is 29.4 Å². The quantitative estimate of drug-likeness (QED) is 0.782. The third-order valence-corrected chi connectivity index (χ3v) is 4.20. The zero-order chi connectivity index (χ0) is 12.8. The first-order valence-electron chi connectivity index (χ1n) is 6.73. The summed E-state index contributed by atoms with van der Waals surface area (Å²) in [6, 6.07) is 9.30. The van der Waals surface area contributed by atoms with E-state index in [-0.39, 0.29) is 5.41 Å². The van der Waals surface area contributed by atoms with Crippen molar-refractivity contribution < 1.29 is 0 Å². The van der Waals surface area contributed by atoms with Gasteiger partial charge in [-0.15, -0.1) is 0 Å². The summed E-state index contributed by atoms with van der Waals surface area (Å²) in [5, 5.41) is 0. The van der Waals surface area contributed by atoms with Crippen LogP contribution in [0.5, 0.6) is 0 Å². The Morgan fingerprint density at radius 3 is 2.89 bits per heavy atom. The number of benzene rings is 1. The lowest BCUT2D eigenvalue weighted by molar-refractivity contribution is 0.437. The molecule has 0 aliphatic heterocycles. The van der Waals surface area contributed by atoms with E-state index in [4.69, 9.17) is 0 Å². The van der Waals surface area contributed by atoms with Gasteiger partial charge in [0.2, 0.25) is 0 Å². The van der Waals surface area contributed by atoms with Crippen LogP contribution in [0.25, 0.3) is 0 Å². The van der Waals surface area contributed by atoms with E-state index in [0.29, 0.717) is 6.04 Å². The van der Waals surface area contributed by atoms with Gasteiger partial charge in [0.25, 0.3) is 0 Å². The molecule has 1 aromatic heterocycles. The molecule has 2 heteroatoms. The summed E-state index contributed by atoms with van der Waals surface area (Å²) < 4.78 is 2.35. The number of nitrogens with zero attached hydrogens (tertiary/aromatic N) is 2. The van der Waals surface area contributed by atoms with Crippen molar-refractivity contribution in [2.45, 2.75) is 45.1 Å². The summed E-state index contributed by atoms with van der Waals surface area (Å²) in [5.74, 6) is 0. The zero-order valence-corrected chi connectivity index (χ0v) is 11.4. The van der Waals surface area contributed by atoms with Crippen LogP contribution in [-0.4, -0.2) is 9.55 Å². The number of aryl methyl sites for hydroxylation is 1. The molecule has 1 atom stereocenters. The van der Waals surface area contributed by atoms with Crippen LogP contribution in [0.15, 0.2) is 36.8 Å². The fraction of sp³-hybridized carbons (Fsp3) is 0.438. The minimum Gasteiger partial charge on any atom is -0.327 e. The molecule has 0 unspecified atom stereocenters. The summed E-state index contributed by atoms with van der Waals surface area (Å²) in [7, 11) is 0. The fourth-order valence-corrected chi connectivity index (χ4v) is 3.24. The number of fused-ring (bicyclic) bond motifs is 1. The number of rotatable bonds is 2. The van der Waals surface area contributed by atoms with Gasteiger partial charge in [-0.3, -0.25) is 0 Å². The molecule has 3 rings (SSSR count). The highest BCUT2D eigenvalue weighted by molar-refractivity contribution is 5.41. The van der Waals surface area contributed by atoms with E-state index in [1.165, 1.54) is 16.8 Å². The minimum atomic E-state index is 0.260. The highest BCUT2D eigenvalue weighted by Crippen LogP contribution is 2.46. The monoisotopic (exact) mass is 240 g/mol. The second-order valence-corrected chi connectivity index (χ2v) is 5.84. The van der Waals surface area contributed by atoms with Crippen LogP contribution in [0, 0.1) is 0 Å². The van der Waals surface area contributed by atoms with Gasteiger partial charge in [-0.25, -0.2) is 4.98 Å². The third-order valence-electron chi connectivity index (χ3n) is 4.20. The molecule has 0 spiro atoms. The van der Waals surface area contributed by atoms with Crippen LogP contribution < -0.4 is 0 Å². The van der Waals surface area contributed by atoms with E-state index in [9.17, 15) is 0 Å². The topological polar surface area (TPSA) is 17.8 Å². The molecular formula is C16H20N2. The Hall–Kier alpha value is -1.57. The van der Waals surface area contributed by atoms with E-state index in [2.05, 4.69) is 54.6 Å². The van der Waals surface area contributed by atoms with Gasteiger partial charge in [0.05, 0.1) is 12.4 Å². The SMILES string of the molecule is CCc1cncn1[C@H]1CC(C)(C)c2ccccc21. The molecule has 0 saturated carbocycles. The van der Waals surface area contributed by atoms with Crippen molar-refractivity contribution in [3.63, 3.8) is 0 Å². The van der Waals surface area contributed by atoms with Gasteiger partial charge >= 0.3 is 0 Å². The lowest BCUT2D eigenvalue weighted by Crippen LogP contribution is -2.15. The van der Waals surface area contributed by atoms with Crippen molar-refractivity contribution in [1.29, 1.82) is 0 Å². The van der Waals surface area contributed by atoms with Crippen LogP contribution in [0.2, 0.25) is 0 Å². The minimum absolute atomic E-state index is 0.260. The molecule has 0 saturated heterocycles. The zero-order valence-electron chi connectivity index (χ0n) is 11.4. The van der Waals surface area contributed by atoms with Crippen molar-refractivity contribution >= 4 is 0 Å². The summed E-state index contributed by atoms with van der Waals surface area (Å²) >= 11 is 0. The van der Waals surface area contributed by atoms with Crippen molar-refractivity contribution in [2.24, 2.45) is 0 Å². The lowest BCUT2D eigenvalue weighted by atomic mass is 9.86. The molecule has 0 fully saturated rings. The summed E-state index contributed by atoms with van der Waals surface area (Å²) in [6.07, 6.45) is 6.18. The summed E-state index contributed by atoms with van der Waals surface area (Å²) in [5.41, 5.74) is 4.55. The Balaban J connectivity index is 2.12. The molecular weight excluding hydrogens is 220 g/mol. The van der Waals surface area contributed by atoms with E-state index in [0.717, 1.165) is 12.8 Å². The van der Waals surface area contributed by atoms with E-state index in [1.807, 2.05) is 12.5 Å². The average Bonchev–Trinajstić information content (AvgIpc) is 2.92. The van der Waals surface area contributed by atoms with E-state index >= 15 is 0 Å². The second-order valence-electron chi connectivity index (χ2n) is 5.84. The number of hydrogen-bond acceptors (Lipinski definition) is 1. The molecule has 1 aromatic carbocycles. The van der Waals surface area contributed by atoms with Crippen molar-refractivity contribution in [1.82, 2.24) is 9.55 Å². The van der Waals surface area contributed by atoms with Gasteiger partial charge in [0.1, 0.15) is 0 Å². The van der Waals surface area contributed by atoms with Crippen LogP contribution in [0.3, 0.4) is 0 Å². The van der Waals surface area contributed by atoms with Gasteiger partial charge in [0.15, 0.2) is 0 Å². The first-order valence-corrected chi connectivity index (χ1v) is 6.73. The van der Waals surface area contributed by atoms with Gasteiger partial charge < -0.3 is 4.57 Å². The standard InChI is InChI=1S/C16H20N2/c1-4-12-10-17-11-18(12)15-9-16(2,3)14-8-6-5-7-13(14)15/h5-8,10-11,15H,4,9H2,1-3H3/t15-/m0/s1. The molecule has 1 aliphatic rings. The maximum atomic E-state index is 4.32. The molecule has 2 aromatic rings. The number of hydrogen-bond donors (Lipinski definition) is 0. The Morgan fingerprint density at radius 2 is 2.11 bits per heavy atom. The van der Waals surface area contributed by atoms with Crippen LogP contribution >= 0.6 is 0 Å². The Morgan fingerprint density at radius 1 is 1.33 bits per heavy atom. The first kappa shape index (κ1) is 11.5. The van der Waals surface area contributed by atoms with Crippen LogP contribution in [-0.2, 0) is 11.8 Å². The van der Waals surface area contributed by atoms with E-state index in [1.54, 1.807) is 0 Å². The van der Waals surface area contributed by atoms with E-state index < -0.39 is 0 Å². The fourth-order valence-electron chi connectivity index (χ4n) is 3.24. The Labute approximate surface area is 109 Å². The predicted molar refractivity (Wildman–Crippen MR) is 73.8 cm³/mol. The molecule has 2 nitrogen and oxygen atoms in total. The predicted octanol–water partition coefficient (Wildman–Crippen LogP) is 3.72. The maximum absolute atomic E-state index is 4.32. The maximum Gasteiger partial charge on any atom is 0.0953 e. The molecule has 18 heavy (non-hydrogen) atoms. The third kappa shape index (κ3) is 1.59.